The summed E-state index contributed by atoms with van der Waals surface area (Å²) in [6.45, 7) is 4.45. The summed E-state index contributed by atoms with van der Waals surface area (Å²) in [5.41, 5.74) is 3.00. The number of rotatable bonds is 0. The van der Waals surface area contributed by atoms with Crippen LogP contribution in [-0.4, -0.2) is 12.5 Å². The molecule has 0 fully saturated rings. The number of hydrogen-bond acceptors (Lipinski definition) is 2. The molecular formula is C11H13NO2. The zero-order chi connectivity index (χ0) is 10.1. The molecule has 1 amide bonds. The van der Waals surface area contributed by atoms with Crippen LogP contribution in [-0.2, 0) is 4.79 Å². The predicted molar refractivity (Wildman–Crippen MR) is 54.7 cm³/mol. The monoisotopic (exact) mass is 191 g/mol. The van der Waals surface area contributed by atoms with Gasteiger partial charge in [-0.05, 0) is 31.0 Å². The topological polar surface area (TPSA) is 38.3 Å². The van der Waals surface area contributed by atoms with E-state index in [-0.39, 0.29) is 5.91 Å². The zero-order valence-electron chi connectivity index (χ0n) is 8.39. The van der Waals surface area contributed by atoms with Gasteiger partial charge in [-0.3, -0.25) is 4.79 Å². The van der Waals surface area contributed by atoms with Crippen LogP contribution < -0.4 is 10.1 Å². The van der Waals surface area contributed by atoms with Crippen LogP contribution in [0.1, 0.15) is 17.5 Å². The molecule has 0 radical (unpaired) electrons. The Hall–Kier alpha value is -1.51. The first-order valence-electron chi connectivity index (χ1n) is 4.71. The second kappa shape index (κ2) is 3.33. The van der Waals surface area contributed by atoms with E-state index in [4.69, 9.17) is 4.74 Å². The molecule has 0 aromatic heterocycles. The van der Waals surface area contributed by atoms with Crippen LogP contribution in [0.3, 0.4) is 0 Å². The summed E-state index contributed by atoms with van der Waals surface area (Å²) in [5, 5.41) is 2.84. The predicted octanol–water partition coefficient (Wildman–Crippen LogP) is 2.02. The summed E-state index contributed by atoms with van der Waals surface area (Å²) >= 11 is 0. The summed E-state index contributed by atoms with van der Waals surface area (Å²) in [7, 11) is 0. The molecule has 0 unspecified atom stereocenters. The van der Waals surface area contributed by atoms with E-state index in [1.165, 1.54) is 0 Å². The van der Waals surface area contributed by atoms with Gasteiger partial charge in [0.05, 0.1) is 18.7 Å². The van der Waals surface area contributed by atoms with Crippen molar-refractivity contribution >= 4 is 11.6 Å². The molecule has 0 aliphatic carbocycles. The molecule has 3 heteroatoms. The molecule has 1 aliphatic heterocycles. The van der Waals surface area contributed by atoms with Crippen molar-refractivity contribution in [2.24, 2.45) is 0 Å². The minimum absolute atomic E-state index is 0.0220. The third-order valence-electron chi connectivity index (χ3n) is 2.27. The van der Waals surface area contributed by atoms with Crippen LogP contribution >= 0.6 is 0 Å². The molecule has 2 rings (SSSR count). The molecule has 0 spiro atoms. The fourth-order valence-corrected chi connectivity index (χ4v) is 1.70. The number of aryl methyl sites for hydroxylation is 2. The molecule has 0 atom stereocenters. The number of ether oxygens (including phenoxy) is 1. The maximum atomic E-state index is 11.3. The number of amides is 1. The van der Waals surface area contributed by atoms with E-state index in [1.807, 2.05) is 19.9 Å². The summed E-state index contributed by atoms with van der Waals surface area (Å²) < 4.78 is 5.52. The lowest BCUT2D eigenvalue weighted by Crippen LogP contribution is -2.10. The standard InChI is InChI=1S/C11H13NO2/c1-7-5-8(2)11-9(6-7)12-10(13)3-4-14-11/h5-6H,3-4H2,1-2H3,(H,12,13). The van der Waals surface area contributed by atoms with Crippen molar-refractivity contribution in [1.82, 2.24) is 0 Å². The third-order valence-corrected chi connectivity index (χ3v) is 2.27. The Labute approximate surface area is 83.1 Å². The molecule has 1 aromatic carbocycles. The van der Waals surface area contributed by atoms with Crippen molar-refractivity contribution in [1.29, 1.82) is 0 Å². The lowest BCUT2D eigenvalue weighted by Gasteiger charge is -2.10. The van der Waals surface area contributed by atoms with E-state index in [0.29, 0.717) is 13.0 Å². The van der Waals surface area contributed by atoms with Crippen molar-refractivity contribution in [3.63, 3.8) is 0 Å². The molecule has 3 nitrogen and oxygen atoms in total. The van der Waals surface area contributed by atoms with Crippen molar-refractivity contribution in [2.45, 2.75) is 20.3 Å². The number of carbonyl (C=O) groups is 1. The summed E-state index contributed by atoms with van der Waals surface area (Å²) in [4.78, 5) is 11.3. The Morgan fingerprint density at radius 1 is 1.36 bits per heavy atom. The second-order valence-corrected chi connectivity index (χ2v) is 3.61. The quantitative estimate of drug-likeness (QED) is 0.681. The highest BCUT2D eigenvalue weighted by atomic mass is 16.5. The van der Waals surface area contributed by atoms with Gasteiger partial charge < -0.3 is 10.1 Å². The van der Waals surface area contributed by atoms with Gasteiger partial charge in [-0.2, -0.15) is 0 Å². The molecule has 1 aromatic rings. The molecule has 14 heavy (non-hydrogen) atoms. The first-order valence-corrected chi connectivity index (χ1v) is 4.71. The molecule has 1 N–H and O–H groups in total. The minimum Gasteiger partial charge on any atom is -0.491 e. The second-order valence-electron chi connectivity index (χ2n) is 3.61. The molecule has 0 saturated heterocycles. The number of benzene rings is 1. The third kappa shape index (κ3) is 1.58. The Balaban J connectivity index is 2.50. The van der Waals surface area contributed by atoms with Gasteiger partial charge in [0.25, 0.3) is 0 Å². The van der Waals surface area contributed by atoms with Crippen LogP contribution in [0.5, 0.6) is 5.75 Å². The first-order chi connectivity index (χ1) is 6.66. The van der Waals surface area contributed by atoms with Gasteiger partial charge in [-0.25, -0.2) is 0 Å². The Kier molecular flexibility index (Phi) is 2.15. The average Bonchev–Trinajstić information content (AvgIpc) is 2.25. The van der Waals surface area contributed by atoms with Gasteiger partial charge in [0, 0.05) is 0 Å². The van der Waals surface area contributed by atoms with E-state index < -0.39 is 0 Å². The molecule has 1 heterocycles. The number of carbonyl (C=O) groups excluding carboxylic acids is 1. The van der Waals surface area contributed by atoms with Gasteiger partial charge in [0.1, 0.15) is 5.75 Å². The maximum Gasteiger partial charge on any atom is 0.227 e. The maximum absolute atomic E-state index is 11.3. The van der Waals surface area contributed by atoms with Crippen LogP contribution in [0.25, 0.3) is 0 Å². The average molecular weight is 191 g/mol. The van der Waals surface area contributed by atoms with Gasteiger partial charge in [0.2, 0.25) is 5.91 Å². The highest BCUT2D eigenvalue weighted by molar-refractivity contribution is 5.93. The van der Waals surface area contributed by atoms with Crippen LogP contribution in [0.2, 0.25) is 0 Å². The van der Waals surface area contributed by atoms with Crippen LogP contribution in [0.15, 0.2) is 12.1 Å². The largest absolute Gasteiger partial charge is 0.491 e. The molecule has 74 valence electrons. The highest BCUT2D eigenvalue weighted by Crippen LogP contribution is 2.31. The Morgan fingerprint density at radius 2 is 2.14 bits per heavy atom. The van der Waals surface area contributed by atoms with E-state index in [0.717, 1.165) is 22.6 Å². The van der Waals surface area contributed by atoms with E-state index in [1.54, 1.807) is 0 Å². The van der Waals surface area contributed by atoms with Crippen molar-refractivity contribution < 1.29 is 9.53 Å². The van der Waals surface area contributed by atoms with Gasteiger partial charge in [-0.15, -0.1) is 0 Å². The summed E-state index contributed by atoms with van der Waals surface area (Å²) in [6.07, 6.45) is 0.424. The van der Waals surface area contributed by atoms with Crippen molar-refractivity contribution in [3.8, 4) is 5.75 Å². The Bertz CT molecular complexity index is 385. The number of fused-ring (bicyclic) bond motifs is 1. The van der Waals surface area contributed by atoms with Crippen LogP contribution in [0.4, 0.5) is 5.69 Å². The lowest BCUT2D eigenvalue weighted by molar-refractivity contribution is -0.116. The minimum atomic E-state index is 0.0220. The normalized spacial score (nSPS) is 15.1. The summed E-state index contributed by atoms with van der Waals surface area (Å²) in [5.74, 6) is 0.829. The molecule has 1 aliphatic rings. The molecule has 0 saturated carbocycles. The van der Waals surface area contributed by atoms with Gasteiger partial charge in [-0.1, -0.05) is 6.07 Å². The Morgan fingerprint density at radius 3 is 2.93 bits per heavy atom. The number of nitrogens with one attached hydrogen (secondary N) is 1. The van der Waals surface area contributed by atoms with E-state index >= 15 is 0 Å². The fourth-order valence-electron chi connectivity index (χ4n) is 1.70. The summed E-state index contributed by atoms with van der Waals surface area (Å²) in [6, 6.07) is 3.99. The van der Waals surface area contributed by atoms with Crippen molar-refractivity contribution in [2.75, 3.05) is 11.9 Å². The first kappa shape index (κ1) is 9.06. The molecular weight excluding hydrogens is 178 g/mol. The number of hydrogen-bond donors (Lipinski definition) is 1. The molecule has 0 bridgehead atoms. The number of anilines is 1. The smallest absolute Gasteiger partial charge is 0.227 e. The van der Waals surface area contributed by atoms with E-state index in [9.17, 15) is 4.79 Å². The SMILES string of the molecule is Cc1cc(C)c2c(c1)NC(=O)CCO2. The highest BCUT2D eigenvalue weighted by Gasteiger charge is 2.15. The van der Waals surface area contributed by atoms with Crippen LogP contribution in [0, 0.1) is 13.8 Å². The zero-order valence-corrected chi connectivity index (χ0v) is 8.39. The fraction of sp³-hybridized carbons (Fsp3) is 0.364. The lowest BCUT2D eigenvalue weighted by atomic mass is 10.1. The van der Waals surface area contributed by atoms with Gasteiger partial charge >= 0.3 is 0 Å². The van der Waals surface area contributed by atoms with E-state index in [2.05, 4.69) is 11.4 Å². The van der Waals surface area contributed by atoms with Crippen molar-refractivity contribution in [3.05, 3.63) is 23.3 Å². The van der Waals surface area contributed by atoms with Gasteiger partial charge in [0.15, 0.2) is 0 Å².